The summed E-state index contributed by atoms with van der Waals surface area (Å²) in [4.78, 5) is 12.7. The molecule has 0 radical (unpaired) electrons. The highest BCUT2D eigenvalue weighted by Gasteiger charge is 2.28. The zero-order valence-corrected chi connectivity index (χ0v) is 20.3. The van der Waals surface area contributed by atoms with E-state index < -0.39 is 0 Å². The standard InChI is InChI=1S/C26H47NO2/c1-11-13-24(23(10)26(28)27-17-18(3)4)16-20(7)25(22(9)19(5)6)15-14-21(8)29-12-2/h18,22-25H,5,7-8,11-17H2,1-4,6,9-10H3,(H,27,28). The number of nitrogens with one attached hydrogen (secondary N) is 1. The normalized spacial score (nSPS) is 15.3. The van der Waals surface area contributed by atoms with Crippen molar-refractivity contribution in [3.63, 3.8) is 0 Å². The van der Waals surface area contributed by atoms with E-state index in [1.54, 1.807) is 0 Å². The molecule has 0 aliphatic carbocycles. The number of amides is 1. The summed E-state index contributed by atoms with van der Waals surface area (Å²) in [5.74, 6) is 2.45. The van der Waals surface area contributed by atoms with Gasteiger partial charge in [-0.15, -0.1) is 0 Å². The molecule has 0 aromatic rings. The van der Waals surface area contributed by atoms with E-state index in [1.807, 2.05) is 6.92 Å². The summed E-state index contributed by atoms with van der Waals surface area (Å²) in [6.45, 7) is 28.9. The lowest BCUT2D eigenvalue weighted by atomic mass is 9.75. The highest BCUT2D eigenvalue weighted by Crippen LogP contribution is 2.36. The number of hydrogen-bond acceptors (Lipinski definition) is 2. The third-order valence-electron chi connectivity index (χ3n) is 5.98. The number of allylic oxidation sites excluding steroid dienone is 3. The molecular weight excluding hydrogens is 358 g/mol. The van der Waals surface area contributed by atoms with Crippen LogP contribution in [0.25, 0.3) is 0 Å². The maximum Gasteiger partial charge on any atom is 0.223 e. The lowest BCUT2D eigenvalue weighted by Crippen LogP contribution is -2.36. The Balaban J connectivity index is 5.22. The molecule has 4 atom stereocenters. The molecule has 0 saturated carbocycles. The molecule has 168 valence electrons. The number of carbonyl (C=O) groups excluding carboxylic acids is 1. The molecule has 0 rings (SSSR count). The second-order valence-electron chi connectivity index (χ2n) is 9.09. The monoisotopic (exact) mass is 405 g/mol. The van der Waals surface area contributed by atoms with Crippen LogP contribution >= 0.6 is 0 Å². The SMILES string of the molecule is C=C(CCC(C(=C)CC(CCC)C(C)C(=O)NCC(C)C)C(C)C(=C)C)OCC. The Labute approximate surface area is 181 Å². The van der Waals surface area contributed by atoms with E-state index in [1.165, 1.54) is 11.1 Å². The van der Waals surface area contributed by atoms with Gasteiger partial charge in [0.1, 0.15) is 0 Å². The molecular formula is C26H47NO2. The Hall–Kier alpha value is -1.51. The van der Waals surface area contributed by atoms with Gasteiger partial charge in [0.15, 0.2) is 0 Å². The van der Waals surface area contributed by atoms with Gasteiger partial charge in [-0.3, -0.25) is 4.79 Å². The van der Waals surface area contributed by atoms with E-state index in [2.05, 4.69) is 66.6 Å². The van der Waals surface area contributed by atoms with Crippen LogP contribution in [0, 0.1) is 29.6 Å². The Morgan fingerprint density at radius 1 is 1.00 bits per heavy atom. The Morgan fingerprint density at radius 3 is 2.10 bits per heavy atom. The summed E-state index contributed by atoms with van der Waals surface area (Å²) in [5.41, 5.74) is 2.40. The number of hydrogen-bond donors (Lipinski definition) is 1. The van der Waals surface area contributed by atoms with E-state index in [0.29, 0.717) is 30.3 Å². The molecule has 1 amide bonds. The third kappa shape index (κ3) is 10.7. The van der Waals surface area contributed by atoms with Gasteiger partial charge in [0, 0.05) is 18.9 Å². The molecule has 29 heavy (non-hydrogen) atoms. The first-order valence-electron chi connectivity index (χ1n) is 11.5. The Morgan fingerprint density at radius 2 is 1.62 bits per heavy atom. The van der Waals surface area contributed by atoms with Crippen LogP contribution in [0.2, 0.25) is 0 Å². The summed E-state index contributed by atoms with van der Waals surface area (Å²) in [6.07, 6.45) is 4.78. The van der Waals surface area contributed by atoms with Gasteiger partial charge in [0.2, 0.25) is 5.91 Å². The van der Waals surface area contributed by atoms with Crippen LogP contribution < -0.4 is 5.32 Å². The molecule has 0 aromatic heterocycles. The van der Waals surface area contributed by atoms with Crippen LogP contribution in [0.15, 0.2) is 36.6 Å². The van der Waals surface area contributed by atoms with Crippen LogP contribution in [0.5, 0.6) is 0 Å². The molecule has 0 aliphatic heterocycles. The van der Waals surface area contributed by atoms with Gasteiger partial charge in [0.25, 0.3) is 0 Å². The topological polar surface area (TPSA) is 38.3 Å². The average Bonchev–Trinajstić information content (AvgIpc) is 2.65. The molecule has 0 heterocycles. The largest absolute Gasteiger partial charge is 0.499 e. The lowest BCUT2D eigenvalue weighted by molar-refractivity contribution is -0.126. The molecule has 3 heteroatoms. The molecule has 1 N–H and O–H groups in total. The van der Waals surface area contributed by atoms with Crippen molar-refractivity contribution in [2.75, 3.05) is 13.2 Å². The molecule has 0 aromatic carbocycles. The highest BCUT2D eigenvalue weighted by atomic mass is 16.5. The number of carbonyl (C=O) groups is 1. The van der Waals surface area contributed by atoms with Gasteiger partial charge >= 0.3 is 0 Å². The first-order chi connectivity index (χ1) is 13.5. The van der Waals surface area contributed by atoms with E-state index in [0.717, 1.165) is 44.4 Å². The predicted octanol–water partition coefficient (Wildman–Crippen LogP) is 6.92. The lowest BCUT2D eigenvalue weighted by Gasteiger charge is -2.31. The molecule has 0 spiro atoms. The quantitative estimate of drug-likeness (QED) is 0.224. The van der Waals surface area contributed by atoms with Crippen LogP contribution in [0.4, 0.5) is 0 Å². The molecule has 0 bridgehead atoms. The van der Waals surface area contributed by atoms with Gasteiger partial charge in [-0.05, 0) is 56.8 Å². The first-order valence-corrected chi connectivity index (χ1v) is 11.5. The summed E-state index contributed by atoms with van der Waals surface area (Å²) < 4.78 is 5.55. The van der Waals surface area contributed by atoms with Crippen LogP contribution in [-0.2, 0) is 9.53 Å². The van der Waals surface area contributed by atoms with Crippen molar-refractivity contribution in [3.05, 3.63) is 36.6 Å². The Kier molecular flexibility index (Phi) is 13.7. The smallest absolute Gasteiger partial charge is 0.223 e. The first kappa shape index (κ1) is 27.5. The minimum absolute atomic E-state index is 0.00961. The van der Waals surface area contributed by atoms with Crippen LogP contribution in [0.3, 0.4) is 0 Å². The fraction of sp³-hybridized carbons (Fsp3) is 0.731. The van der Waals surface area contributed by atoms with E-state index in [4.69, 9.17) is 4.74 Å². The summed E-state index contributed by atoms with van der Waals surface area (Å²) in [5, 5.41) is 3.11. The highest BCUT2D eigenvalue weighted by molar-refractivity contribution is 5.78. The van der Waals surface area contributed by atoms with E-state index in [-0.39, 0.29) is 11.8 Å². The van der Waals surface area contributed by atoms with Crippen molar-refractivity contribution in [1.29, 1.82) is 0 Å². The van der Waals surface area contributed by atoms with Gasteiger partial charge in [-0.2, -0.15) is 0 Å². The molecule has 0 saturated heterocycles. The summed E-state index contributed by atoms with van der Waals surface area (Å²) in [6, 6.07) is 0. The second-order valence-corrected chi connectivity index (χ2v) is 9.09. The third-order valence-corrected chi connectivity index (χ3v) is 5.98. The molecule has 0 aliphatic rings. The summed E-state index contributed by atoms with van der Waals surface area (Å²) in [7, 11) is 0. The molecule has 3 nitrogen and oxygen atoms in total. The average molecular weight is 406 g/mol. The van der Waals surface area contributed by atoms with Crippen molar-refractivity contribution >= 4 is 5.91 Å². The predicted molar refractivity (Wildman–Crippen MR) is 127 cm³/mol. The van der Waals surface area contributed by atoms with Gasteiger partial charge in [0.05, 0.1) is 12.4 Å². The number of ether oxygens (including phenoxy) is 1. The van der Waals surface area contributed by atoms with Gasteiger partial charge in [-0.1, -0.05) is 71.9 Å². The van der Waals surface area contributed by atoms with E-state index >= 15 is 0 Å². The van der Waals surface area contributed by atoms with Crippen molar-refractivity contribution in [1.82, 2.24) is 5.32 Å². The Bertz CT molecular complexity index is 535. The maximum atomic E-state index is 12.7. The fourth-order valence-corrected chi connectivity index (χ4v) is 3.81. The molecule has 0 fully saturated rings. The van der Waals surface area contributed by atoms with Gasteiger partial charge in [-0.25, -0.2) is 0 Å². The van der Waals surface area contributed by atoms with Crippen molar-refractivity contribution in [2.45, 2.75) is 80.6 Å². The zero-order chi connectivity index (χ0) is 22.6. The van der Waals surface area contributed by atoms with Crippen molar-refractivity contribution in [3.8, 4) is 0 Å². The maximum absolute atomic E-state index is 12.7. The molecule has 4 unspecified atom stereocenters. The van der Waals surface area contributed by atoms with Crippen molar-refractivity contribution in [2.24, 2.45) is 29.6 Å². The van der Waals surface area contributed by atoms with Crippen LogP contribution in [-0.4, -0.2) is 19.1 Å². The van der Waals surface area contributed by atoms with Crippen molar-refractivity contribution < 1.29 is 9.53 Å². The summed E-state index contributed by atoms with van der Waals surface area (Å²) >= 11 is 0. The minimum Gasteiger partial charge on any atom is -0.499 e. The van der Waals surface area contributed by atoms with Crippen LogP contribution in [0.1, 0.15) is 80.6 Å². The minimum atomic E-state index is -0.00961. The zero-order valence-electron chi connectivity index (χ0n) is 20.3. The second kappa shape index (κ2) is 14.5. The fourth-order valence-electron chi connectivity index (χ4n) is 3.81. The van der Waals surface area contributed by atoms with Gasteiger partial charge < -0.3 is 10.1 Å². The number of rotatable bonds is 16. The van der Waals surface area contributed by atoms with E-state index in [9.17, 15) is 4.79 Å².